The van der Waals surface area contributed by atoms with Gasteiger partial charge < -0.3 is 19.5 Å². The Morgan fingerprint density at radius 3 is 2.57 bits per heavy atom. The molecule has 1 atom stereocenters. The van der Waals surface area contributed by atoms with Crippen LogP contribution in [0.15, 0.2) is 18.2 Å². The van der Waals surface area contributed by atoms with Gasteiger partial charge in [0.25, 0.3) is 5.91 Å². The van der Waals surface area contributed by atoms with Gasteiger partial charge in [0.1, 0.15) is 6.29 Å². The average molecular weight is 392 g/mol. The van der Waals surface area contributed by atoms with Crippen molar-refractivity contribution >= 4 is 24.2 Å². The van der Waals surface area contributed by atoms with Crippen LogP contribution in [0.25, 0.3) is 0 Å². The quantitative estimate of drug-likeness (QED) is 0.509. The summed E-state index contributed by atoms with van der Waals surface area (Å²) < 4.78 is 15.4. The molecule has 2 N–H and O–H groups in total. The second kappa shape index (κ2) is 10.3. The number of carbonyl (C=O) groups is 4. The zero-order chi connectivity index (χ0) is 20.5. The van der Waals surface area contributed by atoms with E-state index >= 15 is 0 Å². The molecule has 0 heterocycles. The molecule has 152 valence electrons. The average Bonchev–Trinajstić information content (AvgIpc) is 3.18. The number of amides is 3. The van der Waals surface area contributed by atoms with Crippen LogP contribution < -0.4 is 20.1 Å². The third-order valence-electron chi connectivity index (χ3n) is 4.27. The van der Waals surface area contributed by atoms with Gasteiger partial charge >= 0.3 is 12.0 Å². The molecular weight excluding hydrogens is 368 g/mol. The Balaban J connectivity index is 1.77. The maximum absolute atomic E-state index is 12.0. The summed E-state index contributed by atoms with van der Waals surface area (Å²) in [5.74, 6) is -0.984. The summed E-state index contributed by atoms with van der Waals surface area (Å²) in [7, 11) is 1.40. The molecule has 0 aliphatic heterocycles. The Morgan fingerprint density at radius 2 is 1.93 bits per heavy atom. The van der Waals surface area contributed by atoms with Crippen molar-refractivity contribution in [3.8, 4) is 11.5 Å². The van der Waals surface area contributed by atoms with E-state index in [0.717, 1.165) is 25.7 Å². The predicted molar refractivity (Wildman–Crippen MR) is 98.4 cm³/mol. The molecule has 9 heteroatoms. The van der Waals surface area contributed by atoms with Crippen LogP contribution in [0.3, 0.4) is 0 Å². The third kappa shape index (κ3) is 6.26. The number of ether oxygens (including phenoxy) is 3. The summed E-state index contributed by atoms with van der Waals surface area (Å²) in [4.78, 5) is 46.4. The maximum Gasteiger partial charge on any atom is 0.344 e. The van der Waals surface area contributed by atoms with E-state index in [1.165, 1.54) is 32.2 Å². The van der Waals surface area contributed by atoms with Crippen molar-refractivity contribution in [1.82, 2.24) is 10.6 Å². The molecule has 9 nitrogen and oxygen atoms in total. The van der Waals surface area contributed by atoms with Crippen molar-refractivity contribution in [3.63, 3.8) is 0 Å². The normalized spacial score (nSPS) is 14.6. The number of rotatable bonds is 8. The van der Waals surface area contributed by atoms with Crippen LogP contribution in [0.2, 0.25) is 0 Å². The Kier molecular flexibility index (Phi) is 7.79. The molecule has 0 unspecified atom stereocenters. The van der Waals surface area contributed by atoms with E-state index in [9.17, 15) is 19.2 Å². The summed E-state index contributed by atoms with van der Waals surface area (Å²) in [6.07, 6.45) is 3.38. The zero-order valence-corrected chi connectivity index (χ0v) is 15.9. The fourth-order valence-electron chi connectivity index (χ4n) is 2.80. The molecule has 0 spiro atoms. The number of urea groups is 1. The van der Waals surface area contributed by atoms with E-state index in [1.54, 1.807) is 0 Å². The maximum atomic E-state index is 12.0. The number of methoxy groups -OCH3 is 1. The minimum Gasteiger partial charge on any atom is -0.493 e. The van der Waals surface area contributed by atoms with Crippen molar-refractivity contribution in [2.24, 2.45) is 0 Å². The Hall–Kier alpha value is -3.10. The first-order valence-electron chi connectivity index (χ1n) is 8.99. The zero-order valence-electron chi connectivity index (χ0n) is 15.9. The van der Waals surface area contributed by atoms with E-state index in [2.05, 4.69) is 10.6 Å². The Bertz CT molecular complexity index is 729. The molecule has 2 rings (SSSR count). The second-order valence-corrected chi connectivity index (χ2v) is 6.39. The van der Waals surface area contributed by atoms with Crippen LogP contribution >= 0.6 is 0 Å². The monoisotopic (exact) mass is 392 g/mol. The van der Waals surface area contributed by atoms with Gasteiger partial charge in [-0.3, -0.25) is 14.9 Å². The van der Waals surface area contributed by atoms with Crippen molar-refractivity contribution in [3.05, 3.63) is 23.8 Å². The largest absolute Gasteiger partial charge is 0.493 e. The fraction of sp³-hybridized carbons (Fsp3) is 0.474. The van der Waals surface area contributed by atoms with Gasteiger partial charge in [0.05, 0.1) is 7.11 Å². The summed E-state index contributed by atoms with van der Waals surface area (Å²) in [5, 5.41) is 4.87. The Labute approximate surface area is 162 Å². The first-order valence-corrected chi connectivity index (χ1v) is 8.99. The van der Waals surface area contributed by atoms with Gasteiger partial charge in [0.15, 0.2) is 24.2 Å². The summed E-state index contributed by atoms with van der Waals surface area (Å²) in [5.41, 5.74) is 0.396. The molecule has 3 amide bonds. The van der Waals surface area contributed by atoms with E-state index in [-0.39, 0.29) is 17.5 Å². The second-order valence-electron chi connectivity index (χ2n) is 6.39. The van der Waals surface area contributed by atoms with Gasteiger partial charge in [-0.2, -0.15) is 0 Å². The van der Waals surface area contributed by atoms with E-state index in [1.807, 2.05) is 0 Å². The lowest BCUT2D eigenvalue weighted by Crippen LogP contribution is -2.47. The number of hydrogen-bond acceptors (Lipinski definition) is 7. The van der Waals surface area contributed by atoms with Gasteiger partial charge in [-0.15, -0.1) is 0 Å². The smallest absolute Gasteiger partial charge is 0.344 e. The van der Waals surface area contributed by atoms with Crippen LogP contribution in [0.1, 0.15) is 43.0 Å². The number of imide groups is 1. The van der Waals surface area contributed by atoms with Crippen LogP contribution in [0.4, 0.5) is 4.79 Å². The molecule has 0 radical (unpaired) electrons. The molecule has 1 saturated carbocycles. The van der Waals surface area contributed by atoms with Gasteiger partial charge in [0.2, 0.25) is 0 Å². The number of hydrogen-bond donors (Lipinski definition) is 2. The van der Waals surface area contributed by atoms with Gasteiger partial charge in [-0.25, -0.2) is 9.59 Å². The summed E-state index contributed by atoms with van der Waals surface area (Å²) in [6.45, 7) is 0.887. The first-order chi connectivity index (χ1) is 13.4. The fourth-order valence-corrected chi connectivity index (χ4v) is 2.80. The molecular formula is C19H24N2O7. The van der Waals surface area contributed by atoms with Gasteiger partial charge in [-0.05, 0) is 38.0 Å². The lowest BCUT2D eigenvalue weighted by Gasteiger charge is -2.16. The molecule has 0 saturated heterocycles. The lowest BCUT2D eigenvalue weighted by atomic mass is 10.2. The van der Waals surface area contributed by atoms with Crippen molar-refractivity contribution in [2.45, 2.75) is 44.8 Å². The minimum atomic E-state index is -1.16. The highest BCUT2D eigenvalue weighted by Gasteiger charge is 2.23. The Morgan fingerprint density at radius 1 is 1.21 bits per heavy atom. The van der Waals surface area contributed by atoms with Crippen LogP contribution in [-0.4, -0.2) is 50.1 Å². The van der Waals surface area contributed by atoms with Crippen molar-refractivity contribution in [1.29, 1.82) is 0 Å². The molecule has 28 heavy (non-hydrogen) atoms. The predicted octanol–water partition coefficient (Wildman–Crippen LogP) is 1.59. The summed E-state index contributed by atoms with van der Waals surface area (Å²) in [6, 6.07) is 3.93. The molecule has 0 bridgehead atoms. The van der Waals surface area contributed by atoms with Crippen molar-refractivity contribution in [2.75, 3.05) is 13.7 Å². The van der Waals surface area contributed by atoms with Gasteiger partial charge in [0, 0.05) is 11.6 Å². The number of benzene rings is 1. The number of esters is 1. The van der Waals surface area contributed by atoms with Gasteiger partial charge in [-0.1, -0.05) is 12.8 Å². The minimum absolute atomic E-state index is 0.0691. The molecule has 1 aromatic rings. The first kappa shape index (κ1) is 21.2. The van der Waals surface area contributed by atoms with Crippen molar-refractivity contribution < 1.29 is 33.4 Å². The molecule has 1 aliphatic carbocycles. The number of nitrogens with one attached hydrogen (secondary N) is 2. The van der Waals surface area contributed by atoms with E-state index < -0.39 is 30.6 Å². The standard InChI is InChI=1S/C19H24N2O7/c1-12(18(24)21-19(25)20-14-5-3-4-6-14)28-17(23)11-27-15-8-7-13(10-22)9-16(15)26-2/h7-10,12,14H,3-6,11H2,1-2H3,(H2,20,21,24,25)/t12-/m1/s1. The molecule has 0 aromatic heterocycles. The van der Waals surface area contributed by atoms with Crippen LogP contribution in [0, 0.1) is 0 Å². The highest BCUT2D eigenvalue weighted by Crippen LogP contribution is 2.27. The molecule has 1 aliphatic rings. The van der Waals surface area contributed by atoms with Crippen LogP contribution in [0.5, 0.6) is 11.5 Å². The SMILES string of the molecule is COc1cc(C=O)ccc1OCC(=O)O[C@H](C)C(=O)NC(=O)NC1CCCC1. The summed E-state index contributed by atoms with van der Waals surface area (Å²) >= 11 is 0. The number of aldehydes is 1. The van der Waals surface area contributed by atoms with E-state index in [4.69, 9.17) is 14.2 Å². The number of carbonyl (C=O) groups excluding carboxylic acids is 4. The molecule has 1 fully saturated rings. The van der Waals surface area contributed by atoms with E-state index in [0.29, 0.717) is 11.8 Å². The topological polar surface area (TPSA) is 120 Å². The third-order valence-corrected chi connectivity index (χ3v) is 4.27. The molecule has 1 aromatic carbocycles. The van der Waals surface area contributed by atoms with Crippen LogP contribution in [-0.2, 0) is 14.3 Å². The highest BCUT2D eigenvalue weighted by atomic mass is 16.6. The highest BCUT2D eigenvalue weighted by molar-refractivity contribution is 5.97. The lowest BCUT2D eigenvalue weighted by molar-refractivity contribution is -0.156.